The number of fused-ring (bicyclic) bond motifs is 1. The molecule has 1 aromatic rings. The average Bonchev–Trinajstić information content (AvgIpc) is 2.37. The van der Waals surface area contributed by atoms with Crippen molar-refractivity contribution >= 4 is 21.9 Å². The molecule has 1 aliphatic rings. The highest BCUT2D eigenvalue weighted by Gasteiger charge is 2.24. The van der Waals surface area contributed by atoms with Gasteiger partial charge in [-0.2, -0.15) is 0 Å². The van der Waals surface area contributed by atoms with Gasteiger partial charge in [0.25, 0.3) is 0 Å². The Bertz CT molecular complexity index is 460. The van der Waals surface area contributed by atoms with Crippen LogP contribution >= 0.6 is 15.9 Å². The maximum atomic E-state index is 11.5. The summed E-state index contributed by atoms with van der Waals surface area (Å²) < 4.78 is 16.1. The molecule has 1 aliphatic heterocycles. The van der Waals surface area contributed by atoms with Gasteiger partial charge in [0, 0.05) is 10.0 Å². The Hall–Kier alpha value is -1.27. The van der Waals surface area contributed by atoms with Crippen molar-refractivity contribution in [3.8, 4) is 11.5 Å². The van der Waals surface area contributed by atoms with Gasteiger partial charge in [-0.25, -0.2) is 4.79 Å². The molecule has 6 heteroatoms. The van der Waals surface area contributed by atoms with Crippen molar-refractivity contribution < 1.29 is 24.1 Å². The molecular weight excluding hydrogens is 304 g/mol. The van der Waals surface area contributed by atoms with E-state index in [1.165, 1.54) is 0 Å². The predicted octanol–water partition coefficient (Wildman–Crippen LogP) is 1.82. The minimum absolute atomic E-state index is 0.220. The summed E-state index contributed by atoms with van der Waals surface area (Å²) in [4.78, 5) is 11.5. The molecule has 1 unspecified atom stereocenters. The zero-order valence-electron chi connectivity index (χ0n) is 9.81. The van der Waals surface area contributed by atoms with Crippen molar-refractivity contribution in [1.82, 2.24) is 0 Å². The van der Waals surface area contributed by atoms with Gasteiger partial charge in [-0.1, -0.05) is 15.9 Å². The number of carbonyl (C=O) groups is 1. The third-order valence-electron chi connectivity index (χ3n) is 2.47. The van der Waals surface area contributed by atoms with Crippen molar-refractivity contribution in [2.24, 2.45) is 0 Å². The number of aliphatic hydroxyl groups is 1. The third kappa shape index (κ3) is 2.59. The number of aliphatic hydroxyl groups excluding tert-OH is 1. The molecule has 1 atom stereocenters. The SMILES string of the molecule is CCOC(=O)C(O)c1cc2c(cc1Br)OCCO2. The monoisotopic (exact) mass is 316 g/mol. The number of esters is 1. The first-order valence-corrected chi connectivity index (χ1v) is 6.36. The van der Waals surface area contributed by atoms with Crippen molar-refractivity contribution in [3.05, 3.63) is 22.2 Å². The normalized spacial score (nSPS) is 15.1. The third-order valence-corrected chi connectivity index (χ3v) is 3.15. The van der Waals surface area contributed by atoms with Crippen molar-refractivity contribution in [1.29, 1.82) is 0 Å². The van der Waals surface area contributed by atoms with Crippen molar-refractivity contribution in [2.45, 2.75) is 13.0 Å². The van der Waals surface area contributed by atoms with Gasteiger partial charge in [0.2, 0.25) is 0 Å². The Kier molecular flexibility index (Phi) is 4.08. The fourth-order valence-electron chi connectivity index (χ4n) is 1.64. The first-order valence-electron chi connectivity index (χ1n) is 5.57. The van der Waals surface area contributed by atoms with Crippen LogP contribution in [0.2, 0.25) is 0 Å². The van der Waals surface area contributed by atoms with E-state index in [2.05, 4.69) is 15.9 Å². The van der Waals surface area contributed by atoms with Gasteiger partial charge < -0.3 is 19.3 Å². The summed E-state index contributed by atoms with van der Waals surface area (Å²) in [6.45, 7) is 2.84. The number of benzene rings is 1. The molecule has 98 valence electrons. The Labute approximate surface area is 113 Å². The number of halogens is 1. The molecule has 5 nitrogen and oxygen atoms in total. The number of ether oxygens (including phenoxy) is 3. The van der Waals surface area contributed by atoms with Gasteiger partial charge >= 0.3 is 5.97 Å². The average molecular weight is 317 g/mol. The predicted molar refractivity (Wildman–Crippen MR) is 66.7 cm³/mol. The van der Waals surface area contributed by atoms with E-state index in [4.69, 9.17) is 14.2 Å². The summed E-state index contributed by atoms with van der Waals surface area (Å²) >= 11 is 3.29. The quantitative estimate of drug-likeness (QED) is 0.862. The smallest absolute Gasteiger partial charge is 0.339 e. The zero-order chi connectivity index (χ0) is 13.1. The molecule has 0 aliphatic carbocycles. The summed E-state index contributed by atoms with van der Waals surface area (Å²) in [6.07, 6.45) is -1.34. The summed E-state index contributed by atoms with van der Waals surface area (Å²) in [6, 6.07) is 3.26. The van der Waals surface area contributed by atoms with Crippen LogP contribution in [0.15, 0.2) is 16.6 Å². The van der Waals surface area contributed by atoms with E-state index in [-0.39, 0.29) is 6.61 Å². The van der Waals surface area contributed by atoms with E-state index in [1.54, 1.807) is 19.1 Å². The van der Waals surface area contributed by atoms with Crippen LogP contribution < -0.4 is 9.47 Å². The Morgan fingerprint density at radius 2 is 2.06 bits per heavy atom. The maximum absolute atomic E-state index is 11.5. The second-order valence-corrected chi connectivity index (χ2v) is 4.53. The van der Waals surface area contributed by atoms with Gasteiger partial charge in [0.15, 0.2) is 17.6 Å². The summed E-state index contributed by atoms with van der Waals surface area (Å²) in [5.74, 6) is 0.422. The minimum atomic E-state index is -1.34. The molecule has 0 aromatic heterocycles. The van der Waals surface area contributed by atoms with Gasteiger partial charge in [0.1, 0.15) is 13.2 Å². The molecule has 2 rings (SSSR count). The molecular formula is C12H13BrO5. The van der Waals surface area contributed by atoms with Crippen molar-refractivity contribution in [3.63, 3.8) is 0 Å². The van der Waals surface area contributed by atoms with Crippen LogP contribution in [0.25, 0.3) is 0 Å². The fraction of sp³-hybridized carbons (Fsp3) is 0.417. The molecule has 0 radical (unpaired) electrons. The van der Waals surface area contributed by atoms with Gasteiger partial charge in [0.05, 0.1) is 6.61 Å². The lowest BCUT2D eigenvalue weighted by molar-refractivity contribution is -0.153. The van der Waals surface area contributed by atoms with E-state index in [1.807, 2.05) is 0 Å². The summed E-state index contributed by atoms with van der Waals surface area (Å²) in [5.41, 5.74) is 0.401. The first-order chi connectivity index (χ1) is 8.63. The molecule has 1 heterocycles. The van der Waals surface area contributed by atoms with Crippen LogP contribution in [-0.2, 0) is 9.53 Å². The highest BCUT2D eigenvalue weighted by atomic mass is 79.9. The topological polar surface area (TPSA) is 65.0 Å². The molecule has 0 amide bonds. The van der Waals surface area contributed by atoms with Crippen LogP contribution in [0, 0.1) is 0 Å². The maximum Gasteiger partial charge on any atom is 0.339 e. The minimum Gasteiger partial charge on any atom is -0.486 e. The second-order valence-electron chi connectivity index (χ2n) is 3.67. The lowest BCUT2D eigenvalue weighted by Crippen LogP contribution is -2.18. The van der Waals surface area contributed by atoms with E-state index in [0.29, 0.717) is 34.7 Å². The van der Waals surface area contributed by atoms with Crippen LogP contribution in [0.4, 0.5) is 0 Å². The first kappa shape index (κ1) is 13.2. The number of hydrogen-bond acceptors (Lipinski definition) is 5. The highest BCUT2D eigenvalue weighted by molar-refractivity contribution is 9.10. The highest BCUT2D eigenvalue weighted by Crippen LogP contribution is 2.38. The molecule has 0 saturated carbocycles. The van der Waals surface area contributed by atoms with E-state index >= 15 is 0 Å². The lowest BCUT2D eigenvalue weighted by atomic mass is 10.1. The molecule has 1 N–H and O–H groups in total. The lowest BCUT2D eigenvalue weighted by Gasteiger charge is -2.21. The van der Waals surface area contributed by atoms with E-state index in [9.17, 15) is 9.90 Å². The molecule has 0 spiro atoms. The van der Waals surface area contributed by atoms with Crippen LogP contribution in [-0.4, -0.2) is 30.9 Å². The number of hydrogen-bond donors (Lipinski definition) is 1. The Morgan fingerprint density at radius 1 is 1.44 bits per heavy atom. The second kappa shape index (κ2) is 5.58. The zero-order valence-corrected chi connectivity index (χ0v) is 11.4. The number of rotatable bonds is 3. The van der Waals surface area contributed by atoms with Gasteiger partial charge in [-0.3, -0.25) is 0 Å². The van der Waals surface area contributed by atoms with Gasteiger partial charge in [-0.05, 0) is 19.1 Å². The van der Waals surface area contributed by atoms with Crippen LogP contribution in [0.3, 0.4) is 0 Å². The molecule has 0 fully saturated rings. The van der Waals surface area contributed by atoms with E-state index in [0.717, 1.165) is 0 Å². The fourth-order valence-corrected chi connectivity index (χ4v) is 2.18. The molecule has 0 bridgehead atoms. The van der Waals surface area contributed by atoms with E-state index < -0.39 is 12.1 Å². The molecule has 18 heavy (non-hydrogen) atoms. The Balaban J connectivity index is 2.30. The standard InChI is InChI=1S/C12H13BrO5/c1-2-16-12(15)11(14)7-5-9-10(6-8(7)13)18-4-3-17-9/h5-6,11,14H,2-4H2,1H3. The summed E-state index contributed by atoms with van der Waals surface area (Å²) in [7, 11) is 0. The Morgan fingerprint density at radius 3 is 2.67 bits per heavy atom. The molecule has 0 saturated heterocycles. The summed E-state index contributed by atoms with van der Waals surface area (Å²) in [5, 5.41) is 9.90. The van der Waals surface area contributed by atoms with Crippen LogP contribution in [0.1, 0.15) is 18.6 Å². The molecule has 1 aromatic carbocycles. The van der Waals surface area contributed by atoms with Crippen LogP contribution in [0.5, 0.6) is 11.5 Å². The number of carbonyl (C=O) groups excluding carboxylic acids is 1. The van der Waals surface area contributed by atoms with Crippen molar-refractivity contribution in [2.75, 3.05) is 19.8 Å². The van der Waals surface area contributed by atoms with Gasteiger partial charge in [-0.15, -0.1) is 0 Å². The largest absolute Gasteiger partial charge is 0.486 e.